The molecule has 1 atom stereocenters. The Morgan fingerprint density at radius 2 is 1.86 bits per heavy atom. The van der Waals surface area contributed by atoms with Crippen LogP contribution in [0.5, 0.6) is 0 Å². The molecule has 116 valence electrons. The lowest BCUT2D eigenvalue weighted by molar-refractivity contribution is 0.229. The molecule has 1 unspecified atom stereocenters. The van der Waals surface area contributed by atoms with Crippen LogP contribution in [-0.2, 0) is 13.1 Å². The predicted octanol–water partition coefficient (Wildman–Crippen LogP) is 2.47. The first-order valence-corrected chi connectivity index (χ1v) is 8.60. The second kappa shape index (κ2) is 7.39. The van der Waals surface area contributed by atoms with Gasteiger partial charge in [0.05, 0.1) is 0 Å². The molecule has 1 N–H and O–H groups in total. The van der Waals surface area contributed by atoms with Crippen molar-refractivity contribution in [3.63, 3.8) is 0 Å². The number of likely N-dealkylation sites (tertiary alicyclic amines) is 2. The summed E-state index contributed by atoms with van der Waals surface area (Å²) in [6.45, 7) is 10.5. The molecule has 0 aliphatic carbocycles. The van der Waals surface area contributed by atoms with Crippen molar-refractivity contribution in [2.75, 3.05) is 32.7 Å². The summed E-state index contributed by atoms with van der Waals surface area (Å²) in [4.78, 5) is 5.36. The van der Waals surface area contributed by atoms with Gasteiger partial charge in [-0.25, -0.2) is 0 Å². The highest BCUT2D eigenvalue weighted by Gasteiger charge is 2.29. The molecule has 0 saturated carbocycles. The van der Waals surface area contributed by atoms with Gasteiger partial charge in [0.1, 0.15) is 0 Å². The van der Waals surface area contributed by atoms with E-state index in [9.17, 15) is 0 Å². The molecule has 0 amide bonds. The first-order valence-electron chi connectivity index (χ1n) is 8.60. The van der Waals surface area contributed by atoms with Crippen molar-refractivity contribution < 1.29 is 0 Å². The Bertz CT molecular complexity index is 440. The van der Waals surface area contributed by atoms with E-state index in [1.807, 2.05) is 0 Å². The van der Waals surface area contributed by atoms with E-state index in [2.05, 4.69) is 46.3 Å². The summed E-state index contributed by atoms with van der Waals surface area (Å²) in [5, 5.41) is 3.46. The lowest BCUT2D eigenvalue weighted by atomic mass is 10.1. The number of hydrogen-bond donors (Lipinski definition) is 1. The largest absolute Gasteiger partial charge is 0.313 e. The Balaban J connectivity index is 1.57. The molecule has 0 spiro atoms. The van der Waals surface area contributed by atoms with Crippen LogP contribution in [0.3, 0.4) is 0 Å². The predicted molar refractivity (Wildman–Crippen MR) is 88.3 cm³/mol. The second-order valence-electron chi connectivity index (χ2n) is 6.47. The van der Waals surface area contributed by atoms with Gasteiger partial charge in [-0.3, -0.25) is 9.80 Å². The van der Waals surface area contributed by atoms with Gasteiger partial charge in [-0.2, -0.15) is 0 Å². The Morgan fingerprint density at radius 1 is 1.10 bits per heavy atom. The standard InChI is InChI=1S/C18H29N3/c1-2-19-13-16-7-3-4-8-17(16)14-20-12-9-18(15-20)21-10-5-6-11-21/h3-4,7-8,18-19H,2,5-6,9-15H2,1H3. The van der Waals surface area contributed by atoms with Gasteiger partial charge in [0.15, 0.2) is 0 Å². The summed E-state index contributed by atoms with van der Waals surface area (Å²) in [7, 11) is 0. The zero-order valence-corrected chi connectivity index (χ0v) is 13.4. The van der Waals surface area contributed by atoms with E-state index in [4.69, 9.17) is 0 Å². The highest BCUT2D eigenvalue weighted by Crippen LogP contribution is 2.22. The number of hydrogen-bond acceptors (Lipinski definition) is 3. The fourth-order valence-corrected chi connectivity index (χ4v) is 3.75. The van der Waals surface area contributed by atoms with E-state index < -0.39 is 0 Å². The molecule has 2 aliphatic rings. The van der Waals surface area contributed by atoms with E-state index in [-0.39, 0.29) is 0 Å². The molecule has 0 bridgehead atoms. The lowest BCUT2D eigenvalue weighted by Crippen LogP contribution is -2.35. The van der Waals surface area contributed by atoms with Crippen LogP contribution in [0.15, 0.2) is 24.3 Å². The van der Waals surface area contributed by atoms with Gasteiger partial charge in [-0.05, 0) is 50.0 Å². The van der Waals surface area contributed by atoms with Crippen LogP contribution < -0.4 is 5.32 Å². The third-order valence-electron chi connectivity index (χ3n) is 4.98. The zero-order chi connectivity index (χ0) is 14.5. The van der Waals surface area contributed by atoms with Crippen LogP contribution >= 0.6 is 0 Å². The Hall–Kier alpha value is -0.900. The molecule has 3 rings (SSSR count). The highest BCUT2D eigenvalue weighted by molar-refractivity contribution is 5.27. The normalized spacial score (nSPS) is 24.0. The molecular formula is C18H29N3. The van der Waals surface area contributed by atoms with E-state index in [1.165, 1.54) is 56.6 Å². The van der Waals surface area contributed by atoms with Crippen LogP contribution in [0.1, 0.15) is 37.3 Å². The van der Waals surface area contributed by atoms with Gasteiger partial charge in [-0.1, -0.05) is 31.2 Å². The van der Waals surface area contributed by atoms with Gasteiger partial charge in [0.25, 0.3) is 0 Å². The molecule has 2 heterocycles. The first-order chi connectivity index (χ1) is 10.4. The quantitative estimate of drug-likeness (QED) is 0.867. The van der Waals surface area contributed by atoms with Gasteiger partial charge in [0, 0.05) is 32.2 Å². The number of benzene rings is 1. The molecule has 1 aromatic rings. The van der Waals surface area contributed by atoms with Gasteiger partial charge >= 0.3 is 0 Å². The summed E-state index contributed by atoms with van der Waals surface area (Å²) in [5.41, 5.74) is 2.96. The minimum Gasteiger partial charge on any atom is -0.313 e. The molecular weight excluding hydrogens is 258 g/mol. The van der Waals surface area contributed by atoms with Crippen LogP contribution in [0.25, 0.3) is 0 Å². The van der Waals surface area contributed by atoms with Crippen molar-refractivity contribution in [1.82, 2.24) is 15.1 Å². The average Bonchev–Trinajstić information content (AvgIpc) is 3.17. The molecule has 2 fully saturated rings. The molecule has 1 aromatic carbocycles. The van der Waals surface area contributed by atoms with E-state index in [1.54, 1.807) is 0 Å². The topological polar surface area (TPSA) is 18.5 Å². The van der Waals surface area contributed by atoms with Gasteiger partial charge in [-0.15, -0.1) is 0 Å². The van der Waals surface area contributed by atoms with E-state index >= 15 is 0 Å². The SMILES string of the molecule is CCNCc1ccccc1CN1CCC(N2CCCC2)C1. The number of nitrogens with zero attached hydrogens (tertiary/aromatic N) is 2. The maximum absolute atomic E-state index is 3.46. The van der Waals surface area contributed by atoms with Crippen LogP contribution in [-0.4, -0.2) is 48.6 Å². The van der Waals surface area contributed by atoms with Crippen LogP contribution in [0, 0.1) is 0 Å². The summed E-state index contributed by atoms with van der Waals surface area (Å²) >= 11 is 0. The van der Waals surface area contributed by atoms with Crippen molar-refractivity contribution in [1.29, 1.82) is 0 Å². The van der Waals surface area contributed by atoms with Crippen LogP contribution in [0.4, 0.5) is 0 Å². The second-order valence-corrected chi connectivity index (χ2v) is 6.47. The minimum atomic E-state index is 0.813. The third kappa shape index (κ3) is 3.85. The Morgan fingerprint density at radius 3 is 2.62 bits per heavy atom. The summed E-state index contributed by atoms with van der Waals surface area (Å²) in [6.07, 6.45) is 4.17. The van der Waals surface area contributed by atoms with E-state index in [0.29, 0.717) is 0 Å². The third-order valence-corrected chi connectivity index (χ3v) is 4.98. The van der Waals surface area contributed by atoms with Gasteiger partial charge in [0.2, 0.25) is 0 Å². The highest BCUT2D eigenvalue weighted by atomic mass is 15.3. The summed E-state index contributed by atoms with van der Waals surface area (Å²) in [6, 6.07) is 9.72. The summed E-state index contributed by atoms with van der Waals surface area (Å²) < 4.78 is 0. The molecule has 21 heavy (non-hydrogen) atoms. The van der Waals surface area contributed by atoms with Crippen molar-refractivity contribution in [2.24, 2.45) is 0 Å². The molecule has 2 saturated heterocycles. The molecule has 3 nitrogen and oxygen atoms in total. The van der Waals surface area contributed by atoms with Crippen molar-refractivity contribution >= 4 is 0 Å². The Kier molecular flexibility index (Phi) is 5.28. The molecule has 0 aromatic heterocycles. The molecule has 0 radical (unpaired) electrons. The van der Waals surface area contributed by atoms with E-state index in [0.717, 1.165) is 25.7 Å². The minimum absolute atomic E-state index is 0.813. The number of nitrogens with one attached hydrogen (secondary N) is 1. The smallest absolute Gasteiger partial charge is 0.0237 e. The fraction of sp³-hybridized carbons (Fsp3) is 0.667. The van der Waals surface area contributed by atoms with Gasteiger partial charge < -0.3 is 5.32 Å². The lowest BCUT2D eigenvalue weighted by Gasteiger charge is -2.24. The maximum atomic E-state index is 3.46. The maximum Gasteiger partial charge on any atom is 0.0237 e. The van der Waals surface area contributed by atoms with Crippen molar-refractivity contribution in [3.05, 3.63) is 35.4 Å². The first kappa shape index (κ1) is 15.0. The fourth-order valence-electron chi connectivity index (χ4n) is 3.75. The monoisotopic (exact) mass is 287 g/mol. The molecule has 3 heteroatoms. The zero-order valence-electron chi connectivity index (χ0n) is 13.4. The summed E-state index contributed by atoms with van der Waals surface area (Å²) in [5.74, 6) is 0. The van der Waals surface area contributed by atoms with Crippen molar-refractivity contribution in [3.8, 4) is 0 Å². The molecule has 2 aliphatic heterocycles. The number of rotatable bonds is 6. The van der Waals surface area contributed by atoms with Crippen molar-refractivity contribution in [2.45, 2.75) is 45.3 Å². The Labute approximate surface area is 129 Å². The van der Waals surface area contributed by atoms with Crippen LogP contribution in [0.2, 0.25) is 0 Å². The average molecular weight is 287 g/mol.